The highest BCUT2D eigenvalue weighted by Crippen LogP contribution is 2.28. The number of nitrogens with zero attached hydrogens (tertiary/aromatic N) is 1. The molecule has 5 rings (SSSR count). The number of allylic oxidation sites excluding steroid dienone is 1. The second kappa shape index (κ2) is 9.38. The van der Waals surface area contributed by atoms with Gasteiger partial charge in [0.2, 0.25) is 5.03 Å². The first-order valence-electron chi connectivity index (χ1n) is 9.88. The predicted octanol–water partition coefficient (Wildman–Crippen LogP) is 2.71. The largest absolute Gasteiger partial charge is 1.00 e. The summed E-state index contributed by atoms with van der Waals surface area (Å²) in [7, 11) is 0. The molecule has 5 heteroatoms. The number of halogens is 1. The van der Waals surface area contributed by atoms with Crippen molar-refractivity contribution in [2.24, 2.45) is 0 Å². The average Bonchev–Trinajstić information content (AvgIpc) is 3.21. The summed E-state index contributed by atoms with van der Waals surface area (Å²) in [5.41, 5.74) is 1.68. The minimum atomic E-state index is 0. The van der Waals surface area contributed by atoms with Crippen LogP contribution in [0.25, 0.3) is 16.8 Å². The number of fused-ring (bicyclic) bond motifs is 2. The number of ether oxygens (including phenoxy) is 1. The van der Waals surface area contributed by atoms with Gasteiger partial charge in [-0.05, 0) is 52.4 Å². The lowest BCUT2D eigenvalue weighted by molar-refractivity contribution is -0.775. The van der Waals surface area contributed by atoms with Crippen molar-refractivity contribution in [2.75, 3.05) is 5.75 Å². The number of aromatic nitrogens is 1. The van der Waals surface area contributed by atoms with Crippen LogP contribution in [-0.4, -0.2) is 11.5 Å². The fourth-order valence-electron chi connectivity index (χ4n) is 3.64. The maximum absolute atomic E-state index is 12.7. The van der Waals surface area contributed by atoms with Crippen LogP contribution >= 0.6 is 11.8 Å². The molecule has 1 aliphatic heterocycles. The van der Waals surface area contributed by atoms with E-state index in [1.54, 1.807) is 17.8 Å². The Bertz CT molecular complexity index is 1250. The highest BCUT2D eigenvalue weighted by molar-refractivity contribution is 7.99. The number of hydrogen-bond donors (Lipinski definition) is 0. The number of benzene rings is 3. The van der Waals surface area contributed by atoms with E-state index < -0.39 is 0 Å². The molecule has 1 aromatic heterocycles. The predicted molar refractivity (Wildman–Crippen MR) is 121 cm³/mol. The highest BCUT2D eigenvalue weighted by Gasteiger charge is 2.32. The van der Waals surface area contributed by atoms with Crippen molar-refractivity contribution >= 4 is 34.4 Å². The molecule has 0 bridgehead atoms. The Morgan fingerprint density at radius 2 is 1.71 bits per heavy atom. The van der Waals surface area contributed by atoms with Crippen molar-refractivity contribution < 1.29 is 26.5 Å². The second-order valence-electron chi connectivity index (χ2n) is 7.12. The van der Waals surface area contributed by atoms with Crippen LogP contribution in [0.4, 0.5) is 0 Å². The Labute approximate surface area is 191 Å². The minimum Gasteiger partial charge on any atom is -1.00 e. The summed E-state index contributed by atoms with van der Waals surface area (Å²) in [4.78, 5) is 12.7. The molecular formula is C26H20ClNO2S. The van der Waals surface area contributed by atoms with Gasteiger partial charge in [-0.1, -0.05) is 60.7 Å². The van der Waals surface area contributed by atoms with Gasteiger partial charge in [0.25, 0.3) is 0 Å². The van der Waals surface area contributed by atoms with Crippen molar-refractivity contribution in [1.29, 1.82) is 0 Å². The molecule has 0 aliphatic carbocycles. The number of ketones is 1. The van der Waals surface area contributed by atoms with Crippen LogP contribution in [0.1, 0.15) is 22.1 Å². The van der Waals surface area contributed by atoms with Crippen LogP contribution in [-0.2, 0) is 0 Å². The number of thioether (sulfide) groups is 1. The molecule has 0 fully saturated rings. The van der Waals surface area contributed by atoms with Crippen LogP contribution in [0.5, 0.6) is 5.75 Å². The van der Waals surface area contributed by atoms with Gasteiger partial charge >= 0.3 is 6.23 Å². The van der Waals surface area contributed by atoms with Gasteiger partial charge in [0.15, 0.2) is 12.0 Å². The van der Waals surface area contributed by atoms with Crippen LogP contribution in [0.15, 0.2) is 102 Å². The lowest BCUT2D eigenvalue weighted by Gasteiger charge is -2.09. The summed E-state index contributed by atoms with van der Waals surface area (Å²) in [5.74, 6) is 1.72. The molecule has 2 heterocycles. The maximum Gasteiger partial charge on any atom is 0.312 e. The Morgan fingerprint density at radius 3 is 2.58 bits per heavy atom. The molecule has 3 aromatic carbocycles. The van der Waals surface area contributed by atoms with Crippen LogP contribution in [0.3, 0.4) is 0 Å². The van der Waals surface area contributed by atoms with Crippen molar-refractivity contribution in [1.82, 2.24) is 0 Å². The van der Waals surface area contributed by atoms with Gasteiger partial charge in [0.05, 0.1) is 0 Å². The van der Waals surface area contributed by atoms with Gasteiger partial charge < -0.3 is 17.1 Å². The summed E-state index contributed by atoms with van der Waals surface area (Å²) in [5, 5.41) is 3.27. The molecule has 1 unspecified atom stereocenters. The van der Waals surface area contributed by atoms with E-state index in [1.165, 1.54) is 5.03 Å². The first-order valence-corrected chi connectivity index (χ1v) is 10.9. The fraction of sp³-hybridized carbons (Fsp3) is 0.0769. The van der Waals surface area contributed by atoms with Gasteiger partial charge in [-0.25, -0.2) is 0 Å². The molecule has 0 amide bonds. The third-order valence-electron chi connectivity index (χ3n) is 5.17. The van der Waals surface area contributed by atoms with E-state index in [9.17, 15) is 4.79 Å². The average molecular weight is 446 g/mol. The number of rotatable bonds is 5. The number of carbonyl (C=O) groups is 1. The molecule has 0 N–H and O–H groups in total. The molecule has 1 atom stereocenters. The zero-order valence-corrected chi connectivity index (χ0v) is 18.2. The number of carbonyl (C=O) groups excluding carboxylic acids is 1. The van der Waals surface area contributed by atoms with E-state index in [2.05, 4.69) is 16.8 Å². The summed E-state index contributed by atoms with van der Waals surface area (Å²) >= 11 is 1.80. The SMILES string of the molecule is O=C(/C=C/c1ccc(OC2CSc3cccc[n+]32)cc1)c1cccc2ccccc12.[Cl-]. The van der Waals surface area contributed by atoms with Gasteiger partial charge in [-0.15, -0.1) is 0 Å². The van der Waals surface area contributed by atoms with Crippen LogP contribution in [0.2, 0.25) is 0 Å². The Kier molecular flexibility index (Phi) is 6.40. The topological polar surface area (TPSA) is 30.2 Å². The van der Waals surface area contributed by atoms with E-state index >= 15 is 0 Å². The van der Waals surface area contributed by atoms with E-state index in [0.717, 1.165) is 33.4 Å². The van der Waals surface area contributed by atoms with Crippen LogP contribution < -0.4 is 21.7 Å². The molecular weight excluding hydrogens is 426 g/mol. The molecule has 31 heavy (non-hydrogen) atoms. The quantitative estimate of drug-likeness (QED) is 0.269. The maximum atomic E-state index is 12.7. The first kappa shape index (κ1) is 21.2. The molecule has 0 saturated carbocycles. The molecule has 0 spiro atoms. The smallest absolute Gasteiger partial charge is 0.312 e. The van der Waals surface area contributed by atoms with Gasteiger partial charge in [0, 0.05) is 17.7 Å². The summed E-state index contributed by atoms with van der Waals surface area (Å²) < 4.78 is 8.31. The Balaban J connectivity index is 0.00000231. The standard InChI is InChI=1S/C26H20NO2S.ClH/c28-24(23-9-5-7-20-6-1-2-8-22(20)23)16-13-19-11-14-21(15-12-19)29-25-18-30-26-10-3-4-17-27(25)26;/h1-17,25H,18H2;1H/q+1;/p-1/b16-13+;. The molecule has 4 aromatic rings. The van der Waals surface area contributed by atoms with Crippen molar-refractivity contribution in [3.63, 3.8) is 0 Å². The second-order valence-corrected chi connectivity index (χ2v) is 8.16. The third-order valence-corrected chi connectivity index (χ3v) is 6.26. The lowest BCUT2D eigenvalue weighted by atomic mass is 10.0. The van der Waals surface area contributed by atoms with E-state index in [1.807, 2.05) is 84.9 Å². The summed E-state index contributed by atoms with van der Waals surface area (Å²) in [6.07, 6.45) is 5.54. The molecule has 1 aliphatic rings. The Hall–Kier alpha value is -3.08. The van der Waals surface area contributed by atoms with Crippen LogP contribution in [0, 0.1) is 0 Å². The number of pyridine rings is 1. The molecule has 154 valence electrons. The number of hydrogen-bond acceptors (Lipinski definition) is 3. The minimum absolute atomic E-state index is 0. The monoisotopic (exact) mass is 445 g/mol. The normalized spacial score (nSPS) is 14.9. The fourth-order valence-corrected chi connectivity index (χ4v) is 4.69. The van der Waals surface area contributed by atoms with Gasteiger partial charge in [-0.2, -0.15) is 4.57 Å². The van der Waals surface area contributed by atoms with E-state index in [0.29, 0.717) is 0 Å². The summed E-state index contributed by atoms with van der Waals surface area (Å²) in [6, 6.07) is 27.8. The van der Waals surface area contributed by atoms with E-state index in [-0.39, 0.29) is 24.4 Å². The summed E-state index contributed by atoms with van der Waals surface area (Å²) in [6.45, 7) is 0. The first-order chi connectivity index (χ1) is 14.8. The lowest BCUT2D eigenvalue weighted by Crippen LogP contribution is -3.00. The van der Waals surface area contributed by atoms with Crippen molar-refractivity contribution in [3.8, 4) is 5.75 Å². The zero-order valence-electron chi connectivity index (χ0n) is 16.6. The van der Waals surface area contributed by atoms with Gasteiger partial charge in [0.1, 0.15) is 11.5 Å². The third kappa shape index (κ3) is 4.50. The molecule has 0 saturated heterocycles. The van der Waals surface area contributed by atoms with Crippen molar-refractivity contribution in [3.05, 3.63) is 108 Å². The van der Waals surface area contributed by atoms with E-state index in [4.69, 9.17) is 4.74 Å². The molecule has 0 radical (unpaired) electrons. The Morgan fingerprint density at radius 1 is 0.935 bits per heavy atom. The molecule has 3 nitrogen and oxygen atoms in total. The van der Waals surface area contributed by atoms with Gasteiger partial charge in [-0.3, -0.25) is 4.79 Å². The van der Waals surface area contributed by atoms with Crippen molar-refractivity contribution in [2.45, 2.75) is 11.3 Å². The highest BCUT2D eigenvalue weighted by atomic mass is 35.5. The zero-order chi connectivity index (χ0) is 20.3.